The minimum atomic E-state index is 0.575. The molecule has 0 radical (unpaired) electrons. The zero-order chi connectivity index (χ0) is 15.6. The highest BCUT2D eigenvalue weighted by Crippen LogP contribution is 2.26. The number of fused-ring (bicyclic) bond motifs is 1. The molecule has 0 atom stereocenters. The third kappa shape index (κ3) is 2.36. The number of nitrogens with one attached hydrogen (secondary N) is 1. The van der Waals surface area contributed by atoms with Gasteiger partial charge in [0.05, 0.1) is 24.4 Å². The summed E-state index contributed by atoms with van der Waals surface area (Å²) in [7, 11) is 0. The van der Waals surface area contributed by atoms with Gasteiger partial charge in [0.15, 0.2) is 0 Å². The average molecular weight is 299 g/mol. The van der Waals surface area contributed by atoms with Gasteiger partial charge in [-0.1, -0.05) is 18.2 Å². The van der Waals surface area contributed by atoms with Crippen LogP contribution in [0.4, 0.5) is 0 Å². The monoisotopic (exact) mass is 299 g/mol. The zero-order valence-electron chi connectivity index (χ0n) is 12.3. The van der Waals surface area contributed by atoms with Crippen molar-refractivity contribution in [3.05, 3.63) is 72.3 Å². The number of H-pyrrole nitrogens is 1. The van der Waals surface area contributed by atoms with Gasteiger partial charge in [0.2, 0.25) is 0 Å². The van der Waals surface area contributed by atoms with Crippen LogP contribution in [0.15, 0.2) is 61.2 Å². The van der Waals surface area contributed by atoms with Crippen molar-refractivity contribution in [2.45, 2.75) is 6.54 Å². The number of hydrogen-bond acceptors (Lipinski definition) is 3. The van der Waals surface area contributed by atoms with Crippen molar-refractivity contribution in [3.63, 3.8) is 0 Å². The minimum Gasteiger partial charge on any atom is -0.346 e. The summed E-state index contributed by atoms with van der Waals surface area (Å²) in [6.07, 6.45) is 7.51. The van der Waals surface area contributed by atoms with Crippen LogP contribution in [0.5, 0.6) is 0 Å². The summed E-state index contributed by atoms with van der Waals surface area (Å²) in [5, 5.41) is 14.7. The molecule has 0 aliphatic heterocycles. The first-order valence-electron chi connectivity index (χ1n) is 7.28. The van der Waals surface area contributed by atoms with Gasteiger partial charge in [0.1, 0.15) is 5.65 Å². The van der Waals surface area contributed by atoms with Gasteiger partial charge >= 0.3 is 0 Å². The number of nitriles is 1. The smallest absolute Gasteiger partial charge is 0.137 e. The lowest BCUT2D eigenvalue weighted by atomic mass is 10.1. The van der Waals surface area contributed by atoms with E-state index in [-0.39, 0.29) is 0 Å². The predicted molar refractivity (Wildman–Crippen MR) is 87.6 cm³/mol. The second kappa shape index (κ2) is 5.43. The first-order chi connectivity index (χ1) is 11.3. The summed E-state index contributed by atoms with van der Waals surface area (Å²) >= 11 is 0. The highest BCUT2D eigenvalue weighted by atomic mass is 15.3. The molecule has 0 amide bonds. The maximum Gasteiger partial charge on any atom is 0.137 e. The molecule has 3 aromatic heterocycles. The summed E-state index contributed by atoms with van der Waals surface area (Å²) < 4.78 is 1.85. The molecule has 0 saturated carbocycles. The average Bonchev–Trinajstić information content (AvgIpc) is 3.24. The van der Waals surface area contributed by atoms with Crippen molar-refractivity contribution in [1.82, 2.24) is 19.7 Å². The second-order valence-corrected chi connectivity index (χ2v) is 5.29. The van der Waals surface area contributed by atoms with E-state index in [0.717, 1.165) is 27.7 Å². The first kappa shape index (κ1) is 13.3. The fraction of sp³-hybridized carbons (Fsp3) is 0.0556. The molecule has 0 spiro atoms. The minimum absolute atomic E-state index is 0.575. The molecule has 0 aliphatic rings. The van der Waals surface area contributed by atoms with E-state index in [1.54, 1.807) is 6.20 Å². The van der Waals surface area contributed by atoms with Crippen molar-refractivity contribution in [3.8, 4) is 17.2 Å². The molecule has 3 heterocycles. The SMILES string of the molecule is N#Cc1ccccc1Cn1cc(-c2ccnc3[nH]ccc23)cn1. The van der Waals surface area contributed by atoms with E-state index in [1.807, 2.05) is 59.7 Å². The van der Waals surface area contributed by atoms with Crippen LogP contribution < -0.4 is 0 Å². The summed E-state index contributed by atoms with van der Waals surface area (Å²) in [6, 6.07) is 13.8. The Morgan fingerprint density at radius 2 is 2.09 bits per heavy atom. The third-order valence-corrected chi connectivity index (χ3v) is 3.87. The molecule has 0 unspecified atom stereocenters. The van der Waals surface area contributed by atoms with Gasteiger partial charge in [-0.05, 0) is 29.3 Å². The molecule has 1 aromatic carbocycles. The normalized spacial score (nSPS) is 10.7. The molecule has 0 fully saturated rings. The van der Waals surface area contributed by atoms with Crippen LogP contribution in [0, 0.1) is 11.3 Å². The largest absolute Gasteiger partial charge is 0.346 e. The fourth-order valence-electron chi connectivity index (χ4n) is 2.74. The lowest BCUT2D eigenvalue weighted by Crippen LogP contribution is -2.01. The van der Waals surface area contributed by atoms with Crippen LogP contribution in [-0.2, 0) is 6.54 Å². The van der Waals surface area contributed by atoms with E-state index in [1.165, 1.54) is 0 Å². The number of rotatable bonds is 3. The van der Waals surface area contributed by atoms with E-state index in [9.17, 15) is 5.26 Å². The molecule has 0 saturated heterocycles. The Morgan fingerprint density at radius 3 is 3.00 bits per heavy atom. The zero-order valence-corrected chi connectivity index (χ0v) is 12.3. The van der Waals surface area contributed by atoms with E-state index in [0.29, 0.717) is 12.1 Å². The van der Waals surface area contributed by atoms with Crippen LogP contribution >= 0.6 is 0 Å². The molecule has 5 nitrogen and oxygen atoms in total. The lowest BCUT2D eigenvalue weighted by molar-refractivity contribution is 0.686. The second-order valence-electron chi connectivity index (χ2n) is 5.29. The molecule has 0 aliphatic carbocycles. The number of aromatic amines is 1. The van der Waals surface area contributed by atoms with Gasteiger partial charge in [-0.2, -0.15) is 10.4 Å². The Morgan fingerprint density at radius 1 is 1.17 bits per heavy atom. The fourth-order valence-corrected chi connectivity index (χ4v) is 2.74. The molecule has 0 bridgehead atoms. The summed E-state index contributed by atoms with van der Waals surface area (Å²) in [4.78, 5) is 7.42. The van der Waals surface area contributed by atoms with Crippen molar-refractivity contribution < 1.29 is 0 Å². The van der Waals surface area contributed by atoms with Crippen LogP contribution in [0.2, 0.25) is 0 Å². The van der Waals surface area contributed by atoms with Gasteiger partial charge in [0, 0.05) is 29.5 Å². The van der Waals surface area contributed by atoms with E-state index in [4.69, 9.17) is 0 Å². The molecular weight excluding hydrogens is 286 g/mol. The Bertz CT molecular complexity index is 1020. The van der Waals surface area contributed by atoms with Crippen LogP contribution in [0.3, 0.4) is 0 Å². The Kier molecular flexibility index (Phi) is 3.13. The summed E-state index contributed by atoms with van der Waals surface area (Å²) in [5.74, 6) is 0. The first-order valence-corrected chi connectivity index (χ1v) is 7.28. The van der Waals surface area contributed by atoms with Crippen LogP contribution in [0.25, 0.3) is 22.2 Å². The van der Waals surface area contributed by atoms with Gasteiger partial charge in [-0.25, -0.2) is 4.98 Å². The summed E-state index contributed by atoms with van der Waals surface area (Å²) in [5.41, 5.74) is 4.64. The van der Waals surface area contributed by atoms with E-state index >= 15 is 0 Å². The summed E-state index contributed by atoms with van der Waals surface area (Å²) in [6.45, 7) is 0.575. The highest BCUT2D eigenvalue weighted by molar-refractivity contribution is 5.92. The lowest BCUT2D eigenvalue weighted by Gasteiger charge is -2.04. The Hall–Kier alpha value is -3.39. The predicted octanol–water partition coefficient (Wildman–Crippen LogP) is 3.35. The standard InChI is InChI=1S/C18H13N5/c19-9-13-3-1-2-4-14(13)11-23-12-15(10-22-23)16-5-7-20-18-17(16)6-8-21-18/h1-8,10,12H,11H2,(H,20,21). The van der Waals surface area contributed by atoms with Crippen molar-refractivity contribution in [2.75, 3.05) is 0 Å². The number of aromatic nitrogens is 4. The molecule has 5 heteroatoms. The third-order valence-electron chi connectivity index (χ3n) is 3.87. The highest BCUT2D eigenvalue weighted by Gasteiger charge is 2.09. The van der Waals surface area contributed by atoms with Crippen molar-refractivity contribution in [2.24, 2.45) is 0 Å². The number of benzene rings is 1. The molecule has 23 heavy (non-hydrogen) atoms. The molecule has 110 valence electrons. The molecule has 4 aromatic rings. The Balaban J connectivity index is 1.70. The van der Waals surface area contributed by atoms with Crippen molar-refractivity contribution >= 4 is 11.0 Å². The van der Waals surface area contributed by atoms with Crippen molar-refractivity contribution in [1.29, 1.82) is 5.26 Å². The quantitative estimate of drug-likeness (QED) is 0.630. The molecular formula is C18H13N5. The number of hydrogen-bond donors (Lipinski definition) is 1. The van der Waals surface area contributed by atoms with Crippen LogP contribution in [0.1, 0.15) is 11.1 Å². The van der Waals surface area contributed by atoms with Gasteiger partial charge in [-0.15, -0.1) is 0 Å². The molecule has 4 rings (SSSR count). The topological polar surface area (TPSA) is 70.3 Å². The van der Waals surface area contributed by atoms with E-state index in [2.05, 4.69) is 21.1 Å². The van der Waals surface area contributed by atoms with Gasteiger partial charge in [0.25, 0.3) is 0 Å². The number of pyridine rings is 1. The Labute approximate surface area is 132 Å². The van der Waals surface area contributed by atoms with Gasteiger partial charge in [-0.3, -0.25) is 4.68 Å². The van der Waals surface area contributed by atoms with Crippen LogP contribution in [-0.4, -0.2) is 19.7 Å². The van der Waals surface area contributed by atoms with E-state index < -0.39 is 0 Å². The number of nitrogens with zero attached hydrogens (tertiary/aromatic N) is 4. The van der Waals surface area contributed by atoms with Gasteiger partial charge < -0.3 is 4.98 Å². The maximum absolute atomic E-state index is 9.18. The maximum atomic E-state index is 9.18. The molecule has 1 N–H and O–H groups in total.